The minimum absolute atomic E-state index is 0.00620. The zero-order chi connectivity index (χ0) is 20.2. The predicted molar refractivity (Wildman–Crippen MR) is 106 cm³/mol. The third-order valence-electron chi connectivity index (χ3n) is 4.86. The Balaban J connectivity index is 1.68. The maximum absolute atomic E-state index is 13.4. The topological polar surface area (TPSA) is 95.7 Å². The molecule has 2 heterocycles. The van der Waals surface area contributed by atoms with Crippen molar-refractivity contribution < 1.29 is 19.3 Å². The van der Waals surface area contributed by atoms with Crippen LogP contribution in [0.5, 0.6) is 0 Å². The first-order valence-corrected chi connectivity index (χ1v) is 9.20. The van der Waals surface area contributed by atoms with Gasteiger partial charge in [-0.25, -0.2) is 5.48 Å². The number of nitrogens with one attached hydrogen (secondary N) is 1. The minimum atomic E-state index is -0.757. The van der Waals surface area contributed by atoms with Gasteiger partial charge in [0.15, 0.2) is 5.69 Å². The number of hydrogen-bond acceptors (Lipinski definition) is 5. The van der Waals surface area contributed by atoms with Gasteiger partial charge in [0.2, 0.25) is 0 Å². The van der Waals surface area contributed by atoms with Crippen molar-refractivity contribution in [2.24, 2.45) is 0 Å². The van der Waals surface area contributed by atoms with E-state index in [1.807, 2.05) is 66.7 Å². The number of aromatic nitrogens is 1. The smallest absolute Gasteiger partial charge is 0.297 e. The molecule has 0 aliphatic carbocycles. The van der Waals surface area contributed by atoms with Gasteiger partial charge in [-0.2, -0.15) is 0 Å². The maximum Gasteiger partial charge on any atom is 0.297 e. The van der Waals surface area contributed by atoms with E-state index >= 15 is 0 Å². The summed E-state index contributed by atoms with van der Waals surface area (Å²) in [6.45, 7) is 0.625. The van der Waals surface area contributed by atoms with Crippen LogP contribution in [-0.2, 0) is 17.8 Å². The molecule has 0 atom stereocenters. The highest BCUT2D eigenvalue weighted by Crippen LogP contribution is 2.27. The molecule has 29 heavy (non-hydrogen) atoms. The summed E-state index contributed by atoms with van der Waals surface area (Å²) >= 11 is 0. The van der Waals surface area contributed by atoms with E-state index in [1.165, 1.54) is 0 Å². The van der Waals surface area contributed by atoms with Gasteiger partial charge in [0.05, 0.1) is 6.54 Å². The third kappa shape index (κ3) is 3.81. The van der Waals surface area contributed by atoms with E-state index in [2.05, 4.69) is 5.16 Å². The van der Waals surface area contributed by atoms with Gasteiger partial charge in [-0.15, -0.1) is 0 Å². The molecule has 2 aromatic carbocycles. The molecule has 4 rings (SSSR count). The van der Waals surface area contributed by atoms with Gasteiger partial charge >= 0.3 is 0 Å². The Morgan fingerprint density at radius 1 is 1.07 bits per heavy atom. The first-order valence-electron chi connectivity index (χ1n) is 9.20. The summed E-state index contributed by atoms with van der Waals surface area (Å²) in [4.78, 5) is 26.9. The molecule has 0 bridgehead atoms. The van der Waals surface area contributed by atoms with Gasteiger partial charge in [0.1, 0.15) is 5.76 Å². The number of benzene rings is 2. The lowest BCUT2D eigenvalue weighted by atomic mass is 9.99. The van der Waals surface area contributed by atoms with Gasteiger partial charge in [-0.3, -0.25) is 14.8 Å². The summed E-state index contributed by atoms with van der Waals surface area (Å²) in [6, 6.07) is 19.1. The quantitative estimate of drug-likeness (QED) is 0.310. The zero-order valence-electron chi connectivity index (χ0n) is 15.5. The molecule has 7 nitrogen and oxygen atoms in total. The Bertz CT molecular complexity index is 1060. The molecule has 0 spiro atoms. The summed E-state index contributed by atoms with van der Waals surface area (Å²) < 4.78 is 5.20. The zero-order valence-corrected chi connectivity index (χ0v) is 15.5. The number of carbonyl (C=O) groups excluding carboxylic acids is 2. The highest BCUT2D eigenvalue weighted by molar-refractivity contribution is 6.24. The Kier molecular flexibility index (Phi) is 5.22. The molecule has 0 saturated heterocycles. The van der Waals surface area contributed by atoms with Gasteiger partial charge in [0, 0.05) is 24.1 Å². The standard InChI is InChI=1S/C22H19N3O4/c26-21(23-28)20-18-14-25(12-11-19(18)29-24-20)22(27)17(16-9-5-2-6-10-16)13-15-7-3-1-4-8-15/h1-10,13,28H,11-12,14H2,(H,23,26)/b17-13+. The summed E-state index contributed by atoms with van der Waals surface area (Å²) in [5, 5.41) is 12.6. The fraction of sp³-hybridized carbons (Fsp3) is 0.136. The van der Waals surface area contributed by atoms with Gasteiger partial charge in [0.25, 0.3) is 11.8 Å². The number of hydrogen-bond donors (Lipinski definition) is 2. The predicted octanol–water partition coefficient (Wildman–Crippen LogP) is 2.92. The largest absolute Gasteiger partial charge is 0.360 e. The van der Waals surface area contributed by atoms with E-state index < -0.39 is 5.91 Å². The number of fused-ring (bicyclic) bond motifs is 1. The van der Waals surface area contributed by atoms with Crippen molar-refractivity contribution in [2.75, 3.05) is 6.54 Å². The summed E-state index contributed by atoms with van der Waals surface area (Å²) in [7, 11) is 0. The van der Waals surface area contributed by atoms with Crippen LogP contribution in [0.15, 0.2) is 65.2 Å². The lowest BCUT2D eigenvalue weighted by molar-refractivity contribution is -0.125. The van der Waals surface area contributed by atoms with E-state index in [1.54, 1.807) is 10.4 Å². The van der Waals surface area contributed by atoms with Crippen LogP contribution in [-0.4, -0.2) is 33.6 Å². The van der Waals surface area contributed by atoms with Crippen LogP contribution in [0.2, 0.25) is 0 Å². The van der Waals surface area contributed by atoms with Crippen LogP contribution in [0.1, 0.15) is 32.9 Å². The molecular formula is C22H19N3O4. The minimum Gasteiger partial charge on any atom is -0.360 e. The van der Waals surface area contributed by atoms with Crippen molar-refractivity contribution in [1.82, 2.24) is 15.5 Å². The van der Waals surface area contributed by atoms with Crippen LogP contribution >= 0.6 is 0 Å². The molecule has 7 heteroatoms. The number of nitrogens with zero attached hydrogens (tertiary/aromatic N) is 2. The summed E-state index contributed by atoms with van der Waals surface area (Å²) in [6.07, 6.45) is 2.31. The summed E-state index contributed by atoms with van der Waals surface area (Å²) in [5.74, 6) is -0.351. The number of amides is 2. The fourth-order valence-electron chi connectivity index (χ4n) is 3.39. The van der Waals surface area contributed by atoms with E-state index in [9.17, 15) is 9.59 Å². The Morgan fingerprint density at radius 2 is 1.76 bits per heavy atom. The fourth-order valence-corrected chi connectivity index (χ4v) is 3.39. The molecule has 0 fully saturated rings. The lowest BCUT2D eigenvalue weighted by Gasteiger charge is -2.27. The second kappa shape index (κ2) is 8.12. The van der Waals surface area contributed by atoms with Gasteiger partial charge < -0.3 is 9.42 Å². The molecule has 1 aromatic heterocycles. The normalized spacial score (nSPS) is 13.7. The van der Waals surface area contributed by atoms with Crippen molar-refractivity contribution in [3.05, 3.63) is 88.8 Å². The van der Waals surface area contributed by atoms with Crippen LogP contribution in [0.3, 0.4) is 0 Å². The van der Waals surface area contributed by atoms with Crippen molar-refractivity contribution in [2.45, 2.75) is 13.0 Å². The molecule has 1 aliphatic heterocycles. The maximum atomic E-state index is 13.4. The second-order valence-corrected chi connectivity index (χ2v) is 6.69. The van der Waals surface area contributed by atoms with E-state index in [0.717, 1.165) is 11.1 Å². The SMILES string of the molecule is O=C(NO)c1noc2c1CN(C(=O)/C(=C/c1ccccc1)c1ccccc1)CC2. The van der Waals surface area contributed by atoms with E-state index in [0.29, 0.717) is 29.9 Å². The number of rotatable bonds is 4. The molecule has 0 saturated carbocycles. The molecule has 146 valence electrons. The lowest BCUT2D eigenvalue weighted by Crippen LogP contribution is -2.37. The number of carbonyl (C=O) groups is 2. The van der Waals surface area contributed by atoms with Crippen LogP contribution in [0.25, 0.3) is 11.6 Å². The number of hydroxylamine groups is 1. The first-order chi connectivity index (χ1) is 14.2. The van der Waals surface area contributed by atoms with E-state index in [4.69, 9.17) is 9.73 Å². The third-order valence-corrected chi connectivity index (χ3v) is 4.86. The van der Waals surface area contributed by atoms with Crippen molar-refractivity contribution in [1.29, 1.82) is 0 Å². The van der Waals surface area contributed by atoms with Gasteiger partial charge in [-0.1, -0.05) is 65.8 Å². The highest BCUT2D eigenvalue weighted by Gasteiger charge is 2.31. The van der Waals surface area contributed by atoms with Crippen molar-refractivity contribution >= 4 is 23.5 Å². The van der Waals surface area contributed by atoms with E-state index in [-0.39, 0.29) is 18.1 Å². The Hall–Kier alpha value is -3.71. The Labute approximate surface area is 167 Å². The van der Waals surface area contributed by atoms with Crippen LogP contribution in [0.4, 0.5) is 0 Å². The average Bonchev–Trinajstić information content (AvgIpc) is 3.21. The molecule has 0 unspecified atom stereocenters. The van der Waals surface area contributed by atoms with Crippen molar-refractivity contribution in [3.8, 4) is 0 Å². The second-order valence-electron chi connectivity index (χ2n) is 6.69. The molecule has 2 amide bonds. The Morgan fingerprint density at radius 3 is 2.45 bits per heavy atom. The van der Waals surface area contributed by atoms with Crippen LogP contribution in [0, 0.1) is 0 Å². The van der Waals surface area contributed by atoms with Gasteiger partial charge in [-0.05, 0) is 17.2 Å². The molecule has 2 N–H and O–H groups in total. The highest BCUT2D eigenvalue weighted by atomic mass is 16.5. The van der Waals surface area contributed by atoms with Crippen LogP contribution < -0.4 is 5.48 Å². The monoisotopic (exact) mass is 389 g/mol. The molecule has 1 aliphatic rings. The molecular weight excluding hydrogens is 370 g/mol. The molecule has 0 radical (unpaired) electrons. The first kappa shape index (κ1) is 18.6. The average molecular weight is 389 g/mol. The van der Waals surface area contributed by atoms with Crippen molar-refractivity contribution in [3.63, 3.8) is 0 Å². The summed E-state index contributed by atoms with van der Waals surface area (Å²) in [5.41, 5.74) is 4.37. The molecule has 3 aromatic rings.